The third-order valence-electron chi connectivity index (χ3n) is 12.4. The van der Waals surface area contributed by atoms with Gasteiger partial charge < -0.3 is 5.32 Å². The Balaban J connectivity index is 1.63. The van der Waals surface area contributed by atoms with E-state index < -0.39 is 46.2 Å². The van der Waals surface area contributed by atoms with Gasteiger partial charge in [0.1, 0.15) is 12.6 Å². The van der Waals surface area contributed by atoms with Crippen molar-refractivity contribution in [1.82, 2.24) is 5.32 Å². The van der Waals surface area contributed by atoms with Crippen LogP contribution in [0.2, 0.25) is 0 Å². The minimum absolute atomic E-state index is 0.0196. The van der Waals surface area contributed by atoms with Crippen molar-refractivity contribution in [3.05, 3.63) is 23.3 Å². The van der Waals surface area contributed by atoms with Gasteiger partial charge in [0.15, 0.2) is 11.6 Å². The van der Waals surface area contributed by atoms with Crippen LogP contribution in [-0.4, -0.2) is 30.2 Å². The molecule has 0 aromatic heterocycles. The molecule has 8 heteroatoms. The van der Waals surface area contributed by atoms with Gasteiger partial charge in [-0.15, -0.1) is 0 Å². The fraction of sp³-hybridized carbons (Fsp3) is 0.750. The third-order valence-corrected chi connectivity index (χ3v) is 12.4. The van der Waals surface area contributed by atoms with Gasteiger partial charge in [0, 0.05) is 17.3 Å². The lowest BCUT2D eigenvalue weighted by Gasteiger charge is -2.68. The van der Waals surface area contributed by atoms with Crippen molar-refractivity contribution in [3.8, 4) is 6.07 Å². The summed E-state index contributed by atoms with van der Waals surface area (Å²) in [4.78, 5) is 40.9. The van der Waals surface area contributed by atoms with Crippen LogP contribution in [0.25, 0.3) is 0 Å². The highest BCUT2D eigenvalue weighted by Crippen LogP contribution is 2.73. The Kier molecular flexibility index (Phi) is 6.39. The van der Waals surface area contributed by atoms with Crippen LogP contribution in [0.5, 0.6) is 0 Å². The SMILES string of the molecule is C[C@@H]1C(=O)C(C#N)=C[C@]2(C)C3=CC(=O)C4C5CC(C)(C)CC[C@]5(C(=O)NCC(F)(F)F)CC[C@@]4(C)[C@]3(C)CCC12. The van der Waals surface area contributed by atoms with Crippen LogP contribution in [-0.2, 0) is 14.4 Å². The summed E-state index contributed by atoms with van der Waals surface area (Å²) >= 11 is 0. The van der Waals surface area contributed by atoms with Gasteiger partial charge in [-0.2, -0.15) is 18.4 Å². The monoisotopic (exact) mass is 558 g/mol. The maximum absolute atomic E-state index is 14.4. The first-order chi connectivity index (χ1) is 18.4. The molecule has 1 amide bonds. The average molecular weight is 559 g/mol. The second-order valence-electron chi connectivity index (χ2n) is 14.9. The Labute approximate surface area is 235 Å². The van der Waals surface area contributed by atoms with Gasteiger partial charge in [0.05, 0.1) is 11.0 Å². The maximum Gasteiger partial charge on any atom is 0.405 e. The van der Waals surface area contributed by atoms with Crippen molar-refractivity contribution < 1.29 is 27.6 Å². The van der Waals surface area contributed by atoms with Gasteiger partial charge in [0.2, 0.25) is 5.91 Å². The number of carbonyl (C=O) groups is 3. The molecule has 5 aliphatic rings. The zero-order valence-corrected chi connectivity index (χ0v) is 24.4. The van der Waals surface area contributed by atoms with Crippen molar-refractivity contribution >= 4 is 17.5 Å². The molecule has 5 aliphatic carbocycles. The molecule has 5 rings (SSSR count). The standard InChI is InChI=1S/C32H41F3N2O3/c1-18-20-7-8-29(5)23(28(20,4)14-19(16-36)25(18)39)13-22(38)24-21-15-27(2,3)9-11-31(21,12-10-30(24,29)6)26(40)37-17-32(33,34)35/h13-14,18,20-21,24H,7-12,15,17H2,1-6H3,(H,37,40)/t18-,20?,21?,24?,28-,29+,30+,31-/m0/s1. The lowest BCUT2D eigenvalue weighted by atomic mass is 9.34. The summed E-state index contributed by atoms with van der Waals surface area (Å²) in [6.07, 6.45) is 3.36. The summed E-state index contributed by atoms with van der Waals surface area (Å²) in [6, 6.07) is 2.09. The molecule has 0 bridgehead atoms. The molecule has 0 aliphatic heterocycles. The van der Waals surface area contributed by atoms with Crippen LogP contribution >= 0.6 is 0 Å². The molecule has 0 saturated heterocycles. The van der Waals surface area contributed by atoms with Crippen LogP contribution in [0.3, 0.4) is 0 Å². The first kappa shape index (κ1) is 29.1. The van der Waals surface area contributed by atoms with Crippen molar-refractivity contribution in [3.63, 3.8) is 0 Å². The Morgan fingerprint density at radius 2 is 1.70 bits per heavy atom. The van der Waals surface area contributed by atoms with E-state index in [2.05, 4.69) is 46.0 Å². The average Bonchev–Trinajstić information content (AvgIpc) is 2.85. The van der Waals surface area contributed by atoms with E-state index in [0.717, 1.165) is 18.4 Å². The number of allylic oxidation sites excluding steroid dienone is 4. The zero-order chi connectivity index (χ0) is 29.7. The van der Waals surface area contributed by atoms with Crippen molar-refractivity contribution in [2.75, 3.05) is 6.54 Å². The summed E-state index contributed by atoms with van der Waals surface area (Å²) in [7, 11) is 0. The van der Waals surface area contributed by atoms with Crippen molar-refractivity contribution in [2.45, 2.75) is 92.7 Å². The number of ketones is 2. The number of carbonyl (C=O) groups excluding carboxylic acids is 3. The maximum atomic E-state index is 14.4. The van der Waals surface area contributed by atoms with E-state index in [1.165, 1.54) is 0 Å². The van der Waals surface area contributed by atoms with Crippen molar-refractivity contribution in [2.24, 2.45) is 50.7 Å². The van der Waals surface area contributed by atoms with Crippen LogP contribution < -0.4 is 5.32 Å². The minimum Gasteiger partial charge on any atom is -0.346 e. The number of rotatable bonds is 2. The highest BCUT2D eigenvalue weighted by molar-refractivity contribution is 6.02. The molecule has 0 aromatic carbocycles. The van der Waals surface area contributed by atoms with E-state index in [4.69, 9.17) is 0 Å². The van der Waals surface area contributed by atoms with E-state index in [9.17, 15) is 32.8 Å². The number of halogens is 3. The Morgan fingerprint density at radius 3 is 2.33 bits per heavy atom. The fourth-order valence-electron chi connectivity index (χ4n) is 10.0. The molecule has 0 spiro atoms. The molecular formula is C32H41F3N2O3. The zero-order valence-electron chi connectivity index (χ0n) is 24.4. The molecule has 0 aromatic rings. The predicted molar refractivity (Wildman–Crippen MR) is 143 cm³/mol. The highest BCUT2D eigenvalue weighted by atomic mass is 19.4. The van der Waals surface area contributed by atoms with E-state index in [-0.39, 0.29) is 40.3 Å². The Morgan fingerprint density at radius 1 is 1.05 bits per heavy atom. The first-order valence-electron chi connectivity index (χ1n) is 14.6. The number of fused-ring (bicyclic) bond motifs is 7. The topological polar surface area (TPSA) is 87.0 Å². The molecule has 0 radical (unpaired) electrons. The number of alkyl halides is 3. The third kappa shape index (κ3) is 3.89. The predicted octanol–water partition coefficient (Wildman–Crippen LogP) is 6.49. The summed E-state index contributed by atoms with van der Waals surface area (Å²) in [5, 5.41) is 12.0. The number of nitriles is 1. The Hall–Kier alpha value is -2.43. The van der Waals surface area contributed by atoms with Crippen LogP contribution in [0.15, 0.2) is 23.3 Å². The van der Waals surface area contributed by atoms with Crippen molar-refractivity contribution in [1.29, 1.82) is 5.26 Å². The molecule has 3 fully saturated rings. The number of nitrogens with zero attached hydrogens (tertiary/aromatic N) is 1. The number of Topliss-reactive ketones (excluding diaryl/α,β-unsaturated/α-hetero) is 1. The molecule has 3 saturated carbocycles. The van der Waals surface area contributed by atoms with Gasteiger partial charge in [-0.05, 0) is 79.1 Å². The highest BCUT2D eigenvalue weighted by Gasteiger charge is 2.70. The molecule has 218 valence electrons. The normalized spacial score (nSPS) is 44.1. The van der Waals surface area contributed by atoms with Gasteiger partial charge >= 0.3 is 6.18 Å². The van der Waals surface area contributed by atoms with Gasteiger partial charge in [-0.1, -0.05) is 53.2 Å². The smallest absolute Gasteiger partial charge is 0.346 e. The molecule has 5 nitrogen and oxygen atoms in total. The van der Waals surface area contributed by atoms with E-state index in [0.29, 0.717) is 32.1 Å². The molecule has 0 heterocycles. The summed E-state index contributed by atoms with van der Waals surface area (Å²) in [5.74, 6) is -1.99. The second-order valence-corrected chi connectivity index (χ2v) is 14.9. The lowest BCUT2D eigenvalue weighted by Crippen LogP contribution is -2.66. The van der Waals surface area contributed by atoms with Gasteiger partial charge in [-0.3, -0.25) is 14.4 Å². The first-order valence-corrected chi connectivity index (χ1v) is 14.6. The summed E-state index contributed by atoms with van der Waals surface area (Å²) in [5.41, 5.74) is -1.60. The van der Waals surface area contributed by atoms with Gasteiger partial charge in [0.25, 0.3) is 0 Å². The molecule has 40 heavy (non-hydrogen) atoms. The number of amides is 1. The summed E-state index contributed by atoms with van der Waals surface area (Å²) in [6.45, 7) is 11.2. The molecule has 8 atom stereocenters. The lowest BCUT2D eigenvalue weighted by molar-refractivity contribution is -0.180. The fourth-order valence-corrected chi connectivity index (χ4v) is 10.0. The minimum atomic E-state index is -4.51. The molecule has 3 unspecified atom stereocenters. The largest absolute Gasteiger partial charge is 0.405 e. The molecule has 1 N–H and O–H groups in total. The van der Waals surface area contributed by atoms with Gasteiger partial charge in [-0.25, -0.2) is 0 Å². The van der Waals surface area contributed by atoms with Crippen LogP contribution in [0, 0.1) is 62.1 Å². The van der Waals surface area contributed by atoms with Crippen LogP contribution in [0.4, 0.5) is 13.2 Å². The quantitative estimate of drug-likeness (QED) is 0.420. The van der Waals surface area contributed by atoms with Crippen LogP contribution in [0.1, 0.15) is 86.5 Å². The van der Waals surface area contributed by atoms with E-state index >= 15 is 0 Å². The summed E-state index contributed by atoms with van der Waals surface area (Å²) < 4.78 is 39.3. The number of hydrogen-bond acceptors (Lipinski definition) is 4. The molecular weight excluding hydrogens is 517 g/mol. The van der Waals surface area contributed by atoms with E-state index in [1.54, 1.807) is 12.2 Å². The number of nitrogens with one attached hydrogen (secondary N) is 1. The Bertz CT molecular complexity index is 1270. The van der Waals surface area contributed by atoms with E-state index in [1.807, 2.05) is 6.92 Å². The number of hydrogen-bond donors (Lipinski definition) is 1. The second kappa shape index (κ2) is 8.79.